The van der Waals surface area contributed by atoms with E-state index in [4.69, 9.17) is 9.72 Å². The van der Waals surface area contributed by atoms with Gasteiger partial charge in [0, 0.05) is 18.3 Å². The summed E-state index contributed by atoms with van der Waals surface area (Å²) in [6.45, 7) is 4.07. The van der Waals surface area contributed by atoms with Crippen LogP contribution in [0, 0.1) is 0 Å². The normalized spacial score (nSPS) is 11.1. The topological polar surface area (TPSA) is 81.9 Å². The second-order valence-corrected chi connectivity index (χ2v) is 7.44. The van der Waals surface area contributed by atoms with E-state index in [1.165, 1.54) is 0 Å². The van der Waals surface area contributed by atoms with Gasteiger partial charge in [-0.25, -0.2) is 14.6 Å². The van der Waals surface area contributed by atoms with Gasteiger partial charge in [0.1, 0.15) is 11.6 Å². The van der Waals surface area contributed by atoms with Crippen molar-refractivity contribution in [2.24, 2.45) is 0 Å². The third kappa shape index (κ3) is 3.34. The van der Waals surface area contributed by atoms with Gasteiger partial charge in [0.15, 0.2) is 5.65 Å². The van der Waals surface area contributed by atoms with Crippen LogP contribution in [-0.4, -0.2) is 32.8 Å². The van der Waals surface area contributed by atoms with Crippen molar-refractivity contribution in [1.82, 2.24) is 19.7 Å². The van der Waals surface area contributed by atoms with E-state index < -0.39 is 0 Å². The smallest absolute Gasteiger partial charge is 0.257 e. The molecule has 0 aliphatic heterocycles. The number of rotatable bonds is 5. The zero-order valence-electron chi connectivity index (χ0n) is 15.7. The maximum Gasteiger partial charge on any atom is 0.257 e. The van der Waals surface area contributed by atoms with Crippen molar-refractivity contribution >= 4 is 34.1 Å². The lowest BCUT2D eigenvalue weighted by molar-refractivity contribution is 0.102. The molecular weight excluding hydrogens is 374 g/mol. The van der Waals surface area contributed by atoms with E-state index in [2.05, 4.69) is 15.4 Å². The molecule has 0 aliphatic carbocycles. The van der Waals surface area contributed by atoms with Gasteiger partial charge < -0.3 is 10.1 Å². The van der Waals surface area contributed by atoms with Crippen LogP contribution in [0.25, 0.3) is 21.6 Å². The molecule has 0 saturated heterocycles. The second-order valence-electron chi connectivity index (χ2n) is 6.49. The van der Waals surface area contributed by atoms with Crippen LogP contribution in [0.2, 0.25) is 0 Å². The molecule has 0 bridgehead atoms. The number of ether oxygens (including phenoxy) is 1. The average molecular weight is 393 g/mol. The summed E-state index contributed by atoms with van der Waals surface area (Å²) in [5, 5.41) is 9.97. The van der Waals surface area contributed by atoms with E-state index in [9.17, 15) is 4.79 Å². The zero-order valence-corrected chi connectivity index (χ0v) is 16.5. The van der Waals surface area contributed by atoms with E-state index in [0.29, 0.717) is 28.2 Å². The SMILES string of the molecule is COc1ccnc(NC(=O)c2cc(-c3cccs3)nc3c2cnn3C(C)C)c1. The summed E-state index contributed by atoms with van der Waals surface area (Å²) >= 11 is 1.58. The minimum atomic E-state index is -0.269. The molecule has 0 fully saturated rings. The molecule has 0 saturated carbocycles. The minimum absolute atomic E-state index is 0.125. The Morgan fingerprint density at radius 3 is 2.86 bits per heavy atom. The van der Waals surface area contributed by atoms with Gasteiger partial charge in [0.05, 0.1) is 34.8 Å². The Hall–Kier alpha value is -3.26. The molecule has 4 rings (SSSR count). The van der Waals surface area contributed by atoms with Crippen molar-refractivity contribution in [1.29, 1.82) is 0 Å². The van der Waals surface area contributed by atoms with Gasteiger partial charge in [-0.2, -0.15) is 5.10 Å². The highest BCUT2D eigenvalue weighted by Gasteiger charge is 2.19. The Balaban J connectivity index is 1.81. The third-order valence-electron chi connectivity index (χ3n) is 4.28. The first kappa shape index (κ1) is 18.1. The van der Waals surface area contributed by atoms with E-state index in [1.54, 1.807) is 49.0 Å². The molecule has 4 heterocycles. The predicted molar refractivity (Wildman–Crippen MR) is 110 cm³/mol. The van der Waals surface area contributed by atoms with Crippen molar-refractivity contribution in [2.45, 2.75) is 19.9 Å². The Morgan fingerprint density at radius 1 is 1.29 bits per heavy atom. The van der Waals surface area contributed by atoms with Crippen LogP contribution in [0.15, 0.2) is 48.1 Å². The fourth-order valence-electron chi connectivity index (χ4n) is 2.92. The highest BCUT2D eigenvalue weighted by molar-refractivity contribution is 7.13. The van der Waals surface area contributed by atoms with Crippen molar-refractivity contribution in [3.05, 3.63) is 53.7 Å². The van der Waals surface area contributed by atoms with Gasteiger partial charge in [-0.1, -0.05) is 6.07 Å². The molecule has 1 N–H and O–H groups in total. The van der Waals surface area contributed by atoms with Crippen molar-refractivity contribution in [3.63, 3.8) is 0 Å². The number of hydrogen-bond acceptors (Lipinski definition) is 6. The Morgan fingerprint density at radius 2 is 2.14 bits per heavy atom. The Bertz CT molecular complexity index is 1130. The molecule has 0 unspecified atom stereocenters. The van der Waals surface area contributed by atoms with Gasteiger partial charge in [-0.05, 0) is 37.4 Å². The minimum Gasteiger partial charge on any atom is -0.497 e. The van der Waals surface area contributed by atoms with Gasteiger partial charge >= 0.3 is 0 Å². The number of pyridine rings is 2. The summed E-state index contributed by atoms with van der Waals surface area (Å²) in [4.78, 5) is 23.0. The second kappa shape index (κ2) is 7.40. The fraction of sp³-hybridized carbons (Fsp3) is 0.200. The number of aromatic nitrogens is 4. The molecule has 1 amide bonds. The summed E-state index contributed by atoms with van der Waals surface area (Å²) in [6.07, 6.45) is 3.28. The fourth-order valence-corrected chi connectivity index (χ4v) is 3.61. The first-order valence-corrected chi connectivity index (χ1v) is 9.68. The number of carbonyl (C=O) groups excluding carboxylic acids is 1. The molecule has 7 nitrogen and oxygen atoms in total. The quantitative estimate of drug-likeness (QED) is 0.544. The summed E-state index contributed by atoms with van der Waals surface area (Å²) in [5.74, 6) is 0.773. The predicted octanol–water partition coefficient (Wildman–Crippen LogP) is 4.40. The Kier molecular flexibility index (Phi) is 4.79. The lowest BCUT2D eigenvalue weighted by Crippen LogP contribution is -2.14. The summed E-state index contributed by atoms with van der Waals surface area (Å²) in [7, 11) is 1.57. The zero-order chi connectivity index (χ0) is 19.7. The molecule has 0 radical (unpaired) electrons. The summed E-state index contributed by atoms with van der Waals surface area (Å²) < 4.78 is 7.02. The molecule has 142 valence electrons. The van der Waals surface area contributed by atoms with Crippen LogP contribution in [0.1, 0.15) is 30.2 Å². The van der Waals surface area contributed by atoms with E-state index in [-0.39, 0.29) is 11.9 Å². The number of anilines is 1. The highest BCUT2D eigenvalue weighted by Crippen LogP contribution is 2.29. The third-order valence-corrected chi connectivity index (χ3v) is 5.18. The molecular formula is C20H19N5O2S. The molecule has 0 aliphatic rings. The number of thiophene rings is 1. The number of methoxy groups -OCH3 is 1. The molecule has 0 aromatic carbocycles. The van der Waals surface area contributed by atoms with Crippen LogP contribution in [-0.2, 0) is 0 Å². The van der Waals surface area contributed by atoms with Gasteiger partial charge in [0.2, 0.25) is 0 Å². The molecule has 0 spiro atoms. The maximum absolute atomic E-state index is 13.1. The largest absolute Gasteiger partial charge is 0.497 e. The summed E-state index contributed by atoms with van der Waals surface area (Å²) in [5.41, 5.74) is 1.93. The van der Waals surface area contributed by atoms with E-state index in [0.717, 1.165) is 10.6 Å². The number of nitrogens with one attached hydrogen (secondary N) is 1. The first-order valence-electron chi connectivity index (χ1n) is 8.80. The molecule has 0 atom stereocenters. The molecule has 8 heteroatoms. The molecule has 4 aromatic rings. The van der Waals surface area contributed by atoms with Crippen molar-refractivity contribution in [3.8, 4) is 16.3 Å². The first-order chi connectivity index (χ1) is 13.6. The average Bonchev–Trinajstić information content (AvgIpc) is 3.37. The number of carbonyl (C=O) groups is 1. The Labute approximate surface area is 166 Å². The summed E-state index contributed by atoms with van der Waals surface area (Å²) in [6, 6.07) is 9.28. The maximum atomic E-state index is 13.1. The standard InChI is InChI=1S/C20H19N5O2S/c1-12(2)25-19-15(11-22-25)14(10-16(23-19)17-5-4-8-28-17)20(26)24-18-9-13(27-3)6-7-21-18/h4-12H,1-3H3,(H,21,24,26). The van der Waals surface area contributed by atoms with Crippen LogP contribution < -0.4 is 10.1 Å². The van der Waals surface area contributed by atoms with E-state index in [1.807, 2.05) is 36.0 Å². The van der Waals surface area contributed by atoms with Gasteiger partial charge in [0.25, 0.3) is 5.91 Å². The van der Waals surface area contributed by atoms with Gasteiger partial charge in [-0.15, -0.1) is 11.3 Å². The lowest BCUT2D eigenvalue weighted by atomic mass is 10.1. The molecule has 4 aromatic heterocycles. The van der Waals surface area contributed by atoms with Gasteiger partial charge in [-0.3, -0.25) is 4.79 Å². The lowest BCUT2D eigenvalue weighted by Gasteiger charge is -2.10. The van der Waals surface area contributed by atoms with Crippen LogP contribution >= 0.6 is 11.3 Å². The van der Waals surface area contributed by atoms with Crippen molar-refractivity contribution < 1.29 is 9.53 Å². The number of nitrogens with zero attached hydrogens (tertiary/aromatic N) is 4. The monoisotopic (exact) mass is 393 g/mol. The molecule has 28 heavy (non-hydrogen) atoms. The highest BCUT2D eigenvalue weighted by atomic mass is 32.1. The number of fused-ring (bicyclic) bond motifs is 1. The van der Waals surface area contributed by atoms with Crippen LogP contribution in [0.3, 0.4) is 0 Å². The van der Waals surface area contributed by atoms with Crippen LogP contribution in [0.4, 0.5) is 5.82 Å². The van der Waals surface area contributed by atoms with E-state index >= 15 is 0 Å². The number of amides is 1. The van der Waals surface area contributed by atoms with Crippen LogP contribution in [0.5, 0.6) is 5.75 Å². The number of hydrogen-bond donors (Lipinski definition) is 1. The van der Waals surface area contributed by atoms with Crippen molar-refractivity contribution in [2.75, 3.05) is 12.4 Å².